The molecule has 1 heterocycles. The highest BCUT2D eigenvalue weighted by Gasteiger charge is 2.39. The Bertz CT molecular complexity index is 538. The number of hydrogen-bond acceptors (Lipinski definition) is 4. The van der Waals surface area contributed by atoms with Crippen LogP contribution in [0, 0.1) is 0 Å². The van der Waals surface area contributed by atoms with Crippen LogP contribution in [0.5, 0.6) is 5.75 Å². The van der Waals surface area contributed by atoms with Gasteiger partial charge in [-0.05, 0) is 32.9 Å². The summed E-state index contributed by atoms with van der Waals surface area (Å²) in [5, 5.41) is 0. The average molecular weight is 276 g/mol. The van der Waals surface area contributed by atoms with Crippen LogP contribution in [0.2, 0.25) is 0 Å². The number of thiocarbonyl (C=S) groups is 1. The molecule has 0 unspecified atom stereocenters. The van der Waals surface area contributed by atoms with E-state index in [1.165, 1.54) is 4.90 Å². The summed E-state index contributed by atoms with van der Waals surface area (Å²) in [6.07, 6.45) is 0. The summed E-state index contributed by atoms with van der Waals surface area (Å²) in [4.78, 5) is 18.6. The van der Waals surface area contributed by atoms with Crippen LogP contribution >= 0.6 is 12.2 Å². The summed E-state index contributed by atoms with van der Waals surface area (Å²) >= 11 is 5.24. The number of nitrogens with zero attached hydrogens (tertiary/aromatic N) is 2. The number of ether oxygens (including phenoxy) is 1. The monoisotopic (exact) mass is 276 g/mol. The predicted molar refractivity (Wildman–Crippen MR) is 78.6 cm³/mol. The van der Waals surface area contributed by atoms with Crippen molar-refractivity contribution in [1.82, 2.24) is 4.90 Å². The second-order valence-electron chi connectivity index (χ2n) is 4.83. The first-order chi connectivity index (χ1) is 8.92. The number of carbonyl (C=O) groups is 1. The highest BCUT2D eigenvalue weighted by atomic mass is 32.1. The minimum absolute atomic E-state index is 0.0453. The Hall–Kier alpha value is -1.75. The molecule has 0 aromatic heterocycles. The van der Waals surface area contributed by atoms with Crippen molar-refractivity contribution in [3.05, 3.63) is 30.3 Å². The zero-order valence-electron chi connectivity index (χ0n) is 11.2. The quantitative estimate of drug-likeness (QED) is 0.796. The lowest BCUT2D eigenvalue weighted by Gasteiger charge is -2.29. The van der Waals surface area contributed by atoms with Crippen molar-refractivity contribution in [1.29, 1.82) is 0 Å². The molecule has 1 aliphatic heterocycles. The molecule has 2 rings (SSSR count). The third-order valence-electron chi connectivity index (χ3n) is 2.86. The van der Waals surface area contributed by atoms with Crippen molar-refractivity contribution >= 4 is 28.8 Å². The molecule has 1 amide bonds. The van der Waals surface area contributed by atoms with Gasteiger partial charge in [0.15, 0.2) is 6.61 Å². The minimum atomic E-state index is -0.627. The van der Waals surface area contributed by atoms with Crippen LogP contribution in [-0.2, 0) is 4.79 Å². The molecule has 4 nitrogen and oxygen atoms in total. The number of rotatable bonds is 3. The van der Waals surface area contributed by atoms with Crippen molar-refractivity contribution in [2.24, 2.45) is 4.99 Å². The van der Waals surface area contributed by atoms with Gasteiger partial charge in [-0.15, -0.1) is 0 Å². The van der Waals surface area contributed by atoms with Crippen LogP contribution in [0.15, 0.2) is 35.3 Å². The number of amides is 1. The first-order valence-electron chi connectivity index (χ1n) is 6.03. The number of benzene rings is 1. The highest BCUT2D eigenvalue weighted by Crippen LogP contribution is 2.25. The van der Waals surface area contributed by atoms with Gasteiger partial charge in [0.2, 0.25) is 0 Å². The van der Waals surface area contributed by atoms with Gasteiger partial charge in [0.1, 0.15) is 16.4 Å². The van der Waals surface area contributed by atoms with Gasteiger partial charge in [-0.2, -0.15) is 0 Å². The summed E-state index contributed by atoms with van der Waals surface area (Å²) in [7, 11) is 0. The lowest BCUT2D eigenvalue weighted by molar-refractivity contribution is -0.132. The van der Waals surface area contributed by atoms with E-state index in [1.54, 1.807) is 0 Å². The van der Waals surface area contributed by atoms with Crippen molar-refractivity contribution in [2.75, 3.05) is 6.61 Å². The lowest BCUT2D eigenvalue weighted by Crippen LogP contribution is -2.48. The fourth-order valence-electron chi connectivity index (χ4n) is 2.06. The maximum atomic E-state index is 12.2. The molecule has 0 saturated heterocycles. The molecule has 0 fully saturated rings. The summed E-state index contributed by atoms with van der Waals surface area (Å²) in [6.45, 7) is 5.48. The predicted octanol–water partition coefficient (Wildman–Crippen LogP) is 2.43. The van der Waals surface area contributed by atoms with E-state index in [4.69, 9.17) is 17.0 Å². The van der Waals surface area contributed by atoms with E-state index in [9.17, 15) is 4.79 Å². The van der Waals surface area contributed by atoms with Crippen LogP contribution in [0.25, 0.3) is 0 Å². The molecule has 1 aromatic rings. The Balaban J connectivity index is 2.03. The molecule has 100 valence electrons. The van der Waals surface area contributed by atoms with Gasteiger partial charge < -0.3 is 4.74 Å². The molecular formula is C14H16N2O2S. The van der Waals surface area contributed by atoms with Crippen molar-refractivity contribution < 1.29 is 9.53 Å². The van der Waals surface area contributed by atoms with Crippen LogP contribution < -0.4 is 4.74 Å². The molecule has 19 heavy (non-hydrogen) atoms. The van der Waals surface area contributed by atoms with Gasteiger partial charge in [0.25, 0.3) is 5.91 Å². The smallest absolute Gasteiger partial charge is 0.267 e. The van der Waals surface area contributed by atoms with Crippen molar-refractivity contribution in [3.8, 4) is 5.75 Å². The SMILES string of the molecule is CC1=NC(C)(C)N(C(=O)COc2ccccc2)C1=S. The molecule has 0 radical (unpaired) electrons. The second kappa shape index (κ2) is 5.09. The summed E-state index contributed by atoms with van der Waals surface area (Å²) in [5.41, 5.74) is 0.0891. The normalized spacial score (nSPS) is 17.3. The zero-order valence-corrected chi connectivity index (χ0v) is 12.0. The first kappa shape index (κ1) is 13.7. The largest absolute Gasteiger partial charge is 0.484 e. The first-order valence-corrected chi connectivity index (χ1v) is 6.44. The Kier molecular flexibility index (Phi) is 3.66. The van der Waals surface area contributed by atoms with Crippen LogP contribution in [-0.4, -0.2) is 33.8 Å². The molecule has 0 saturated carbocycles. The van der Waals surface area contributed by atoms with Crippen LogP contribution in [0.3, 0.4) is 0 Å². The molecule has 0 N–H and O–H groups in total. The van der Waals surface area contributed by atoms with Crippen LogP contribution in [0.1, 0.15) is 20.8 Å². The second-order valence-corrected chi connectivity index (χ2v) is 5.21. The molecule has 1 aromatic carbocycles. The number of para-hydroxylation sites is 1. The Morgan fingerprint density at radius 2 is 2.00 bits per heavy atom. The van der Waals surface area contributed by atoms with E-state index in [-0.39, 0.29) is 12.5 Å². The molecule has 0 spiro atoms. The van der Waals surface area contributed by atoms with E-state index < -0.39 is 5.66 Å². The topological polar surface area (TPSA) is 41.9 Å². The highest BCUT2D eigenvalue weighted by molar-refractivity contribution is 7.82. The lowest BCUT2D eigenvalue weighted by atomic mass is 10.2. The van der Waals surface area contributed by atoms with Gasteiger partial charge in [-0.3, -0.25) is 14.7 Å². The molecule has 0 bridgehead atoms. The number of hydrogen-bond donors (Lipinski definition) is 0. The van der Waals surface area contributed by atoms with Gasteiger partial charge in [0.05, 0.1) is 5.71 Å². The average Bonchev–Trinajstić information content (AvgIpc) is 2.57. The molecule has 0 aliphatic carbocycles. The van der Waals surface area contributed by atoms with E-state index in [2.05, 4.69) is 4.99 Å². The Labute approximate surface area is 118 Å². The summed E-state index contributed by atoms with van der Waals surface area (Å²) in [6, 6.07) is 9.23. The van der Waals surface area contributed by atoms with E-state index in [0.717, 1.165) is 0 Å². The van der Waals surface area contributed by atoms with Crippen LogP contribution in [0.4, 0.5) is 0 Å². The van der Waals surface area contributed by atoms with Crippen molar-refractivity contribution in [2.45, 2.75) is 26.4 Å². The van der Waals surface area contributed by atoms with Gasteiger partial charge in [0, 0.05) is 0 Å². The standard InChI is InChI=1S/C14H16N2O2S/c1-10-13(19)16(14(2,3)15-10)12(17)9-18-11-7-5-4-6-8-11/h4-8H,9H2,1-3H3. The summed E-state index contributed by atoms with van der Waals surface area (Å²) < 4.78 is 5.46. The van der Waals surface area contributed by atoms with E-state index in [1.807, 2.05) is 51.1 Å². The molecule has 0 atom stereocenters. The van der Waals surface area contributed by atoms with Crippen molar-refractivity contribution in [3.63, 3.8) is 0 Å². The van der Waals surface area contributed by atoms with E-state index >= 15 is 0 Å². The van der Waals surface area contributed by atoms with E-state index in [0.29, 0.717) is 16.4 Å². The number of aliphatic imine (C=N–C) groups is 1. The zero-order chi connectivity index (χ0) is 14.0. The van der Waals surface area contributed by atoms with Gasteiger partial charge >= 0.3 is 0 Å². The fourth-order valence-corrected chi connectivity index (χ4v) is 2.43. The third-order valence-corrected chi connectivity index (χ3v) is 3.33. The molecule has 5 heteroatoms. The number of carbonyl (C=O) groups excluding carboxylic acids is 1. The fraction of sp³-hybridized carbons (Fsp3) is 0.357. The Morgan fingerprint density at radius 3 is 2.53 bits per heavy atom. The van der Waals surface area contributed by atoms with Gasteiger partial charge in [-0.25, -0.2) is 0 Å². The van der Waals surface area contributed by atoms with Gasteiger partial charge in [-0.1, -0.05) is 30.4 Å². The minimum Gasteiger partial charge on any atom is -0.484 e. The molecular weight excluding hydrogens is 260 g/mol. The summed E-state index contributed by atoms with van der Waals surface area (Å²) in [5.74, 6) is 0.482. The third kappa shape index (κ3) is 2.81. The Morgan fingerprint density at radius 1 is 1.37 bits per heavy atom. The maximum Gasteiger partial charge on any atom is 0.267 e. The molecule has 1 aliphatic rings. The maximum absolute atomic E-state index is 12.2.